The van der Waals surface area contributed by atoms with Gasteiger partial charge in [0.2, 0.25) is 10.0 Å². The summed E-state index contributed by atoms with van der Waals surface area (Å²) in [6.45, 7) is 4.04. The number of nitrogens with two attached hydrogens (primary N) is 1. The first-order valence-electron chi connectivity index (χ1n) is 7.64. The molecular weight excluding hydrogens is 304 g/mol. The summed E-state index contributed by atoms with van der Waals surface area (Å²) in [5, 5.41) is 0. The highest BCUT2D eigenvalue weighted by molar-refractivity contribution is 7.89. The molecule has 2 unspecified atom stereocenters. The standard InChI is InChI=1S/C15H22N2O4S/c1-11(16)12-5-6-17(10-12)22(18,19)13-3-4-14-15(9-13)21-8-2-7-20-14/h3-4,9,11-12H,2,5-8,10,16H2,1H3. The highest BCUT2D eigenvalue weighted by Gasteiger charge is 2.34. The second-order valence-corrected chi connectivity index (χ2v) is 7.87. The van der Waals surface area contributed by atoms with Crippen LogP contribution in [0.15, 0.2) is 23.1 Å². The summed E-state index contributed by atoms with van der Waals surface area (Å²) in [5.41, 5.74) is 5.89. The van der Waals surface area contributed by atoms with Gasteiger partial charge in [-0.15, -0.1) is 0 Å². The van der Waals surface area contributed by atoms with Crippen molar-refractivity contribution in [2.75, 3.05) is 26.3 Å². The van der Waals surface area contributed by atoms with Gasteiger partial charge in [0.15, 0.2) is 11.5 Å². The smallest absolute Gasteiger partial charge is 0.243 e. The van der Waals surface area contributed by atoms with Crippen molar-refractivity contribution in [2.45, 2.75) is 30.7 Å². The molecule has 2 aliphatic heterocycles. The molecule has 122 valence electrons. The Kier molecular flexibility index (Phi) is 4.29. The third-order valence-electron chi connectivity index (χ3n) is 4.29. The number of sulfonamides is 1. The van der Waals surface area contributed by atoms with E-state index in [9.17, 15) is 8.42 Å². The first-order chi connectivity index (χ1) is 10.5. The molecule has 2 N–H and O–H groups in total. The Balaban J connectivity index is 1.85. The van der Waals surface area contributed by atoms with Crippen molar-refractivity contribution in [1.29, 1.82) is 0 Å². The van der Waals surface area contributed by atoms with Crippen LogP contribution in [0.25, 0.3) is 0 Å². The van der Waals surface area contributed by atoms with E-state index >= 15 is 0 Å². The summed E-state index contributed by atoms with van der Waals surface area (Å²) in [6, 6.07) is 4.83. The molecule has 1 fully saturated rings. The molecular formula is C15H22N2O4S. The SMILES string of the molecule is CC(N)C1CCN(S(=O)(=O)c2ccc3c(c2)OCCCO3)C1. The molecule has 22 heavy (non-hydrogen) atoms. The minimum atomic E-state index is -3.51. The van der Waals surface area contributed by atoms with Gasteiger partial charge < -0.3 is 15.2 Å². The van der Waals surface area contributed by atoms with Gasteiger partial charge in [-0.2, -0.15) is 4.31 Å². The van der Waals surface area contributed by atoms with Crippen molar-refractivity contribution in [3.8, 4) is 11.5 Å². The Morgan fingerprint density at radius 2 is 2.00 bits per heavy atom. The van der Waals surface area contributed by atoms with Crippen molar-refractivity contribution in [1.82, 2.24) is 4.31 Å². The second kappa shape index (κ2) is 6.06. The number of benzene rings is 1. The molecule has 2 atom stereocenters. The number of hydrogen-bond donors (Lipinski definition) is 1. The fraction of sp³-hybridized carbons (Fsp3) is 0.600. The molecule has 2 aliphatic rings. The number of nitrogens with zero attached hydrogens (tertiary/aromatic N) is 1. The number of rotatable bonds is 3. The van der Waals surface area contributed by atoms with Crippen molar-refractivity contribution < 1.29 is 17.9 Å². The molecule has 0 radical (unpaired) electrons. The minimum absolute atomic E-state index is 0.00368. The largest absolute Gasteiger partial charge is 0.490 e. The third-order valence-corrected chi connectivity index (χ3v) is 6.15. The molecule has 0 aromatic heterocycles. The highest BCUT2D eigenvalue weighted by Crippen LogP contribution is 2.34. The average Bonchev–Trinajstić information content (AvgIpc) is 2.88. The van der Waals surface area contributed by atoms with E-state index in [1.54, 1.807) is 18.2 Å². The number of fused-ring (bicyclic) bond motifs is 1. The van der Waals surface area contributed by atoms with E-state index in [4.69, 9.17) is 15.2 Å². The van der Waals surface area contributed by atoms with Gasteiger partial charge in [0.05, 0.1) is 18.1 Å². The third kappa shape index (κ3) is 2.93. The molecule has 1 aromatic carbocycles. The van der Waals surface area contributed by atoms with E-state index in [1.165, 1.54) is 4.31 Å². The molecule has 0 saturated carbocycles. The Morgan fingerprint density at radius 1 is 1.27 bits per heavy atom. The van der Waals surface area contributed by atoms with Crippen LogP contribution in [-0.4, -0.2) is 45.1 Å². The molecule has 7 heteroatoms. The van der Waals surface area contributed by atoms with Crippen LogP contribution in [0.3, 0.4) is 0 Å². The summed E-state index contributed by atoms with van der Waals surface area (Å²) in [6.07, 6.45) is 1.60. The van der Waals surface area contributed by atoms with E-state index in [2.05, 4.69) is 0 Å². The molecule has 0 bridgehead atoms. The van der Waals surface area contributed by atoms with Crippen molar-refractivity contribution in [3.63, 3.8) is 0 Å². The molecule has 6 nitrogen and oxygen atoms in total. The van der Waals surface area contributed by atoms with Crippen LogP contribution in [0, 0.1) is 5.92 Å². The topological polar surface area (TPSA) is 81.9 Å². The van der Waals surface area contributed by atoms with Gasteiger partial charge in [-0.05, 0) is 31.4 Å². The molecule has 1 saturated heterocycles. The Hall–Kier alpha value is -1.31. The summed E-state index contributed by atoms with van der Waals surface area (Å²) < 4.78 is 38.2. The van der Waals surface area contributed by atoms with Crippen LogP contribution in [0.4, 0.5) is 0 Å². The van der Waals surface area contributed by atoms with Gasteiger partial charge in [0.25, 0.3) is 0 Å². The average molecular weight is 326 g/mol. The van der Waals surface area contributed by atoms with E-state index in [0.29, 0.717) is 37.8 Å². The zero-order valence-corrected chi connectivity index (χ0v) is 13.5. The van der Waals surface area contributed by atoms with E-state index in [1.807, 2.05) is 6.92 Å². The predicted molar refractivity (Wildman–Crippen MR) is 82.6 cm³/mol. The second-order valence-electron chi connectivity index (χ2n) is 5.93. The highest BCUT2D eigenvalue weighted by atomic mass is 32.2. The molecule has 1 aromatic rings. The van der Waals surface area contributed by atoms with Crippen LogP contribution < -0.4 is 15.2 Å². The Bertz CT molecular complexity index is 645. The van der Waals surface area contributed by atoms with Gasteiger partial charge in [0, 0.05) is 31.6 Å². The summed E-state index contributed by atoms with van der Waals surface area (Å²) in [5.74, 6) is 1.32. The van der Waals surface area contributed by atoms with E-state index < -0.39 is 10.0 Å². The lowest BCUT2D eigenvalue weighted by Gasteiger charge is -2.19. The van der Waals surface area contributed by atoms with E-state index in [0.717, 1.165) is 12.8 Å². The zero-order chi connectivity index (χ0) is 15.7. The van der Waals surface area contributed by atoms with Gasteiger partial charge in [-0.1, -0.05) is 0 Å². The fourth-order valence-corrected chi connectivity index (χ4v) is 4.38. The van der Waals surface area contributed by atoms with Crippen LogP contribution in [0.2, 0.25) is 0 Å². The summed E-state index contributed by atoms with van der Waals surface area (Å²) in [4.78, 5) is 0.252. The predicted octanol–water partition coefficient (Wildman–Crippen LogP) is 1.21. The molecule has 0 aliphatic carbocycles. The first-order valence-corrected chi connectivity index (χ1v) is 9.08. The van der Waals surface area contributed by atoms with Crippen molar-refractivity contribution >= 4 is 10.0 Å². The quantitative estimate of drug-likeness (QED) is 0.903. The van der Waals surface area contributed by atoms with Gasteiger partial charge in [-0.25, -0.2) is 8.42 Å². The number of hydrogen-bond acceptors (Lipinski definition) is 5. The first kappa shape index (κ1) is 15.6. The summed E-state index contributed by atoms with van der Waals surface area (Å²) >= 11 is 0. The molecule has 0 spiro atoms. The summed E-state index contributed by atoms with van der Waals surface area (Å²) in [7, 11) is -3.51. The lowest BCUT2D eigenvalue weighted by atomic mass is 10.0. The van der Waals surface area contributed by atoms with Crippen molar-refractivity contribution in [2.24, 2.45) is 11.7 Å². The van der Waals surface area contributed by atoms with Crippen LogP contribution in [0.1, 0.15) is 19.8 Å². The molecule has 3 rings (SSSR count). The normalized spacial score (nSPS) is 24.0. The Morgan fingerprint density at radius 3 is 2.68 bits per heavy atom. The van der Waals surface area contributed by atoms with E-state index in [-0.39, 0.29) is 16.9 Å². The van der Waals surface area contributed by atoms with Gasteiger partial charge >= 0.3 is 0 Å². The molecule has 2 heterocycles. The lowest BCUT2D eigenvalue weighted by molar-refractivity contribution is 0.297. The van der Waals surface area contributed by atoms with Gasteiger partial charge in [-0.3, -0.25) is 0 Å². The lowest BCUT2D eigenvalue weighted by Crippen LogP contribution is -2.33. The maximum absolute atomic E-state index is 12.8. The zero-order valence-electron chi connectivity index (χ0n) is 12.7. The fourth-order valence-electron chi connectivity index (χ4n) is 2.85. The maximum Gasteiger partial charge on any atom is 0.243 e. The maximum atomic E-state index is 12.8. The van der Waals surface area contributed by atoms with Crippen LogP contribution >= 0.6 is 0 Å². The number of ether oxygens (including phenoxy) is 2. The van der Waals surface area contributed by atoms with Gasteiger partial charge in [0.1, 0.15) is 0 Å². The minimum Gasteiger partial charge on any atom is -0.490 e. The van der Waals surface area contributed by atoms with Crippen LogP contribution in [0.5, 0.6) is 11.5 Å². The van der Waals surface area contributed by atoms with Crippen LogP contribution in [-0.2, 0) is 10.0 Å². The van der Waals surface area contributed by atoms with Crippen molar-refractivity contribution in [3.05, 3.63) is 18.2 Å². The Labute approximate surface area is 131 Å². The monoisotopic (exact) mass is 326 g/mol. The molecule has 0 amide bonds.